The lowest BCUT2D eigenvalue weighted by atomic mass is 9.52. The molecule has 45 heavy (non-hydrogen) atoms. The Morgan fingerprint density at radius 1 is 1.22 bits per heavy atom. The average Bonchev–Trinajstić information content (AvgIpc) is 3.39. The molecule has 248 valence electrons. The molecule has 2 amide bonds. The number of carbonyl (C=O) groups is 2. The first-order valence-corrected chi connectivity index (χ1v) is 16.0. The van der Waals surface area contributed by atoms with Crippen LogP contribution in [0.1, 0.15) is 57.0 Å². The number of hydrogen-bond donors (Lipinski definition) is 4. The summed E-state index contributed by atoms with van der Waals surface area (Å²) in [6.45, 7) is 11.7. The van der Waals surface area contributed by atoms with E-state index in [-0.39, 0.29) is 30.3 Å². The maximum atomic E-state index is 13.9. The van der Waals surface area contributed by atoms with Gasteiger partial charge in [0.05, 0.1) is 25.9 Å². The Morgan fingerprint density at radius 2 is 1.93 bits per heavy atom. The number of carbonyl (C=O) groups excluding carboxylic acids is 2. The van der Waals surface area contributed by atoms with Crippen LogP contribution in [0, 0.1) is 29.1 Å². The lowest BCUT2D eigenvalue weighted by Crippen LogP contribution is -2.52. The van der Waals surface area contributed by atoms with Gasteiger partial charge in [0.15, 0.2) is 0 Å². The second kappa shape index (κ2) is 14.1. The highest BCUT2D eigenvalue weighted by Gasteiger charge is 2.50. The molecule has 1 aliphatic carbocycles. The number of ether oxygens (including phenoxy) is 1. The third-order valence-electron chi connectivity index (χ3n) is 10.4. The Balaban J connectivity index is 1.64. The van der Waals surface area contributed by atoms with Gasteiger partial charge in [0.2, 0.25) is 5.91 Å². The fourth-order valence-corrected chi connectivity index (χ4v) is 7.23. The highest BCUT2D eigenvalue weighted by atomic mass is 16.7. The van der Waals surface area contributed by atoms with Gasteiger partial charge in [-0.05, 0) is 60.3 Å². The summed E-state index contributed by atoms with van der Waals surface area (Å²) < 4.78 is 5.97. The first-order valence-electron chi connectivity index (χ1n) is 16.0. The summed E-state index contributed by atoms with van der Waals surface area (Å²) in [6, 6.07) is 10.8. The molecule has 2 aliphatic rings. The fourth-order valence-electron chi connectivity index (χ4n) is 7.23. The van der Waals surface area contributed by atoms with Gasteiger partial charge in [0.25, 0.3) is 5.91 Å². The summed E-state index contributed by atoms with van der Waals surface area (Å²) in [5, 5.41) is 18.4. The van der Waals surface area contributed by atoms with Crippen molar-refractivity contribution >= 4 is 17.5 Å². The first kappa shape index (κ1) is 34.7. The van der Waals surface area contributed by atoms with Gasteiger partial charge in [-0.3, -0.25) is 14.4 Å². The van der Waals surface area contributed by atoms with Crippen LogP contribution in [0.15, 0.2) is 36.4 Å². The number of rotatable bonds is 12. The second-order valence-corrected chi connectivity index (χ2v) is 13.7. The molecule has 1 aliphatic heterocycles. The van der Waals surface area contributed by atoms with Gasteiger partial charge < -0.3 is 31.1 Å². The number of nitrogens with one attached hydrogen (secondary N) is 2. The zero-order valence-corrected chi connectivity index (χ0v) is 28.4. The third kappa shape index (κ3) is 6.99. The monoisotopic (exact) mass is 623 g/mol. The zero-order chi connectivity index (χ0) is 33.2. The standard InChI is InChI=1S/C35H53N5O5/c1-20(28-13-21(2)35(28,4)5)18-38-34(43)31-30(22(3)41)29(17-36)45-40(31)19-23-11-10-12-27(32(23)44-9)24-14-25(33(42)37-6)16-26(15-24)39(7)8/h10-12,14-16,20-22,28-31,41H,13,17-19,36H2,1-9H3,(H,37,42)(H,38,43)/t20-,21+,22+,28+,29+,30-,31+/m1/s1. The number of hydrogen-bond acceptors (Lipinski definition) is 8. The maximum absolute atomic E-state index is 13.9. The molecule has 2 aromatic carbocycles. The number of amides is 2. The van der Waals surface area contributed by atoms with E-state index in [1.54, 1.807) is 26.1 Å². The summed E-state index contributed by atoms with van der Waals surface area (Å²) in [4.78, 5) is 34.7. The molecular formula is C35H53N5O5. The highest BCUT2D eigenvalue weighted by molar-refractivity contribution is 5.97. The molecule has 0 unspecified atom stereocenters. The Bertz CT molecular complexity index is 1360. The summed E-state index contributed by atoms with van der Waals surface area (Å²) in [7, 11) is 7.07. The van der Waals surface area contributed by atoms with Crippen LogP contribution in [0.4, 0.5) is 5.69 Å². The Labute approximate surface area is 268 Å². The van der Waals surface area contributed by atoms with Crippen molar-refractivity contribution in [1.29, 1.82) is 0 Å². The van der Waals surface area contributed by atoms with Crippen molar-refractivity contribution in [2.75, 3.05) is 46.2 Å². The molecule has 1 saturated carbocycles. The zero-order valence-electron chi connectivity index (χ0n) is 28.4. The predicted octanol–water partition coefficient (Wildman–Crippen LogP) is 3.66. The molecule has 4 rings (SSSR count). The number of aliphatic hydroxyl groups is 1. The van der Waals surface area contributed by atoms with Crippen LogP contribution in [-0.2, 0) is 16.2 Å². The molecule has 1 saturated heterocycles. The van der Waals surface area contributed by atoms with E-state index >= 15 is 0 Å². The van der Waals surface area contributed by atoms with Crippen LogP contribution in [0.3, 0.4) is 0 Å². The number of anilines is 1. The molecule has 10 heteroatoms. The Kier molecular flexibility index (Phi) is 10.8. The Morgan fingerprint density at radius 3 is 2.49 bits per heavy atom. The van der Waals surface area contributed by atoms with Gasteiger partial charge >= 0.3 is 0 Å². The highest BCUT2D eigenvalue weighted by Crippen LogP contribution is 2.54. The molecule has 5 N–H and O–H groups in total. The number of hydroxylamine groups is 2. The number of nitrogens with zero attached hydrogens (tertiary/aromatic N) is 2. The number of methoxy groups -OCH3 is 1. The van der Waals surface area contributed by atoms with Gasteiger partial charge in [-0.15, -0.1) is 0 Å². The van der Waals surface area contributed by atoms with Crippen molar-refractivity contribution in [3.63, 3.8) is 0 Å². The molecule has 0 spiro atoms. The Hall–Kier alpha value is -3.18. The van der Waals surface area contributed by atoms with E-state index in [9.17, 15) is 14.7 Å². The van der Waals surface area contributed by atoms with Crippen molar-refractivity contribution in [2.45, 2.75) is 65.8 Å². The molecule has 1 heterocycles. The topological polar surface area (TPSA) is 129 Å². The molecule has 2 fully saturated rings. The van der Waals surface area contributed by atoms with Crippen LogP contribution in [0.5, 0.6) is 5.75 Å². The van der Waals surface area contributed by atoms with E-state index < -0.39 is 24.2 Å². The van der Waals surface area contributed by atoms with E-state index in [1.807, 2.05) is 55.4 Å². The summed E-state index contributed by atoms with van der Waals surface area (Å²) >= 11 is 0. The minimum absolute atomic E-state index is 0.164. The van der Waals surface area contributed by atoms with Crippen LogP contribution in [-0.4, -0.2) is 81.6 Å². The summed E-state index contributed by atoms with van der Waals surface area (Å²) in [5.74, 6) is 1.26. The van der Waals surface area contributed by atoms with Crippen molar-refractivity contribution in [3.8, 4) is 16.9 Å². The fraction of sp³-hybridized carbons (Fsp3) is 0.600. The van der Waals surface area contributed by atoms with Gasteiger partial charge in [0.1, 0.15) is 11.8 Å². The normalized spacial score (nSPS) is 25.6. The van der Waals surface area contributed by atoms with E-state index in [2.05, 4.69) is 38.3 Å². The van der Waals surface area contributed by atoms with E-state index in [0.717, 1.165) is 28.8 Å². The summed E-state index contributed by atoms with van der Waals surface area (Å²) in [5.41, 5.74) is 10.2. The molecule has 0 radical (unpaired) electrons. The summed E-state index contributed by atoms with van der Waals surface area (Å²) in [6.07, 6.45) is -0.175. The van der Waals surface area contributed by atoms with Crippen molar-refractivity contribution < 1.29 is 24.3 Å². The lowest BCUT2D eigenvalue weighted by Gasteiger charge is -2.53. The molecular weight excluding hydrogens is 570 g/mol. The van der Waals surface area contributed by atoms with Gasteiger partial charge in [-0.2, -0.15) is 5.06 Å². The quantitative estimate of drug-likeness (QED) is 0.282. The molecule has 2 aromatic rings. The minimum Gasteiger partial charge on any atom is -0.496 e. The lowest BCUT2D eigenvalue weighted by molar-refractivity contribution is -0.174. The van der Waals surface area contributed by atoms with Gasteiger partial charge in [-0.1, -0.05) is 45.9 Å². The van der Waals surface area contributed by atoms with Crippen molar-refractivity contribution in [3.05, 3.63) is 47.5 Å². The van der Waals surface area contributed by atoms with Crippen LogP contribution < -0.4 is 26.0 Å². The van der Waals surface area contributed by atoms with Crippen LogP contribution >= 0.6 is 0 Å². The van der Waals surface area contributed by atoms with E-state index in [1.165, 1.54) is 0 Å². The second-order valence-electron chi connectivity index (χ2n) is 13.7. The van der Waals surface area contributed by atoms with Gasteiger partial charge in [0, 0.05) is 62.5 Å². The van der Waals surface area contributed by atoms with E-state index in [0.29, 0.717) is 35.6 Å². The number of benzene rings is 2. The molecule has 7 atom stereocenters. The molecule has 10 nitrogen and oxygen atoms in total. The first-order chi connectivity index (χ1) is 21.2. The average molecular weight is 624 g/mol. The largest absolute Gasteiger partial charge is 0.496 e. The molecule has 0 aromatic heterocycles. The number of para-hydroxylation sites is 1. The predicted molar refractivity (Wildman–Crippen MR) is 178 cm³/mol. The minimum atomic E-state index is -0.812. The SMILES string of the molecule is CNC(=O)c1cc(-c2cccc(CN3O[C@@H](CN)[C@@H]([C@H](C)O)[C@H]3C(=O)NC[C@@H](C)[C@@H]3C[C@H](C)C3(C)C)c2OC)cc(N(C)C)c1. The number of nitrogens with two attached hydrogens (primary N) is 1. The van der Waals surface area contributed by atoms with Crippen LogP contribution in [0.25, 0.3) is 11.1 Å². The maximum Gasteiger partial charge on any atom is 0.251 e. The van der Waals surface area contributed by atoms with Crippen molar-refractivity contribution in [1.82, 2.24) is 15.7 Å². The van der Waals surface area contributed by atoms with Gasteiger partial charge in [-0.25, -0.2) is 0 Å². The third-order valence-corrected chi connectivity index (χ3v) is 10.4. The van der Waals surface area contributed by atoms with Crippen LogP contribution in [0.2, 0.25) is 0 Å². The van der Waals surface area contributed by atoms with Crippen molar-refractivity contribution in [2.24, 2.45) is 34.8 Å². The van der Waals surface area contributed by atoms with E-state index in [4.69, 9.17) is 15.3 Å². The smallest absolute Gasteiger partial charge is 0.251 e. The molecule has 0 bridgehead atoms. The number of aliphatic hydroxyl groups excluding tert-OH is 1.